The molecule has 6 heteroatoms. The predicted molar refractivity (Wildman–Crippen MR) is 67.7 cm³/mol. The molecule has 0 radical (unpaired) electrons. The summed E-state index contributed by atoms with van der Waals surface area (Å²) >= 11 is 0. The molecule has 1 aliphatic heterocycles. The topological polar surface area (TPSA) is 38.3 Å². The lowest BCUT2D eigenvalue weighted by Gasteiger charge is -2.21. The molecule has 0 aliphatic carbocycles. The Morgan fingerprint density at radius 3 is 2.65 bits per heavy atom. The molecule has 110 valence electrons. The summed E-state index contributed by atoms with van der Waals surface area (Å²) in [5.74, 6) is -0.186. The zero-order valence-electron chi connectivity index (χ0n) is 10.9. The van der Waals surface area contributed by atoms with Gasteiger partial charge >= 0.3 is 6.36 Å². The molecule has 1 N–H and O–H groups in total. The lowest BCUT2D eigenvalue weighted by Crippen LogP contribution is -2.28. The number of carbonyl (C=O) groups is 1. The van der Waals surface area contributed by atoms with Gasteiger partial charge in [-0.05, 0) is 44.0 Å². The molecule has 3 nitrogen and oxygen atoms in total. The average Bonchev–Trinajstić information content (AvgIpc) is 2.38. The summed E-state index contributed by atoms with van der Waals surface area (Å²) in [5, 5.41) is 3.21. The predicted octanol–water partition coefficient (Wildman–Crippen LogP) is 3.16. The van der Waals surface area contributed by atoms with Crippen molar-refractivity contribution in [3.63, 3.8) is 0 Å². The summed E-state index contributed by atoms with van der Waals surface area (Å²) in [6.07, 6.45) is -2.52. The van der Waals surface area contributed by atoms with Crippen molar-refractivity contribution in [2.75, 3.05) is 13.1 Å². The third-order valence-corrected chi connectivity index (χ3v) is 3.32. The van der Waals surface area contributed by atoms with Crippen LogP contribution < -0.4 is 10.1 Å². The second-order valence-electron chi connectivity index (χ2n) is 4.90. The van der Waals surface area contributed by atoms with Crippen LogP contribution in [0.3, 0.4) is 0 Å². The lowest BCUT2D eigenvalue weighted by atomic mass is 9.90. The van der Waals surface area contributed by atoms with E-state index >= 15 is 0 Å². The maximum atomic E-state index is 12.1. The number of nitrogens with one attached hydrogen (secondary N) is 1. The molecule has 1 saturated heterocycles. The fraction of sp³-hybridized carbons (Fsp3) is 0.500. The Morgan fingerprint density at radius 2 is 2.00 bits per heavy atom. The minimum absolute atomic E-state index is 0.135. The highest BCUT2D eigenvalue weighted by Crippen LogP contribution is 2.25. The smallest absolute Gasteiger partial charge is 0.406 e. The fourth-order valence-corrected chi connectivity index (χ4v) is 2.33. The van der Waals surface area contributed by atoms with Crippen molar-refractivity contribution in [2.24, 2.45) is 5.92 Å². The Morgan fingerprint density at radius 1 is 1.30 bits per heavy atom. The minimum Gasteiger partial charge on any atom is -0.406 e. The maximum absolute atomic E-state index is 12.1. The summed E-state index contributed by atoms with van der Waals surface area (Å²) in [7, 11) is 0. The summed E-state index contributed by atoms with van der Waals surface area (Å²) in [4.78, 5) is 12.1. The first-order valence-corrected chi connectivity index (χ1v) is 6.54. The van der Waals surface area contributed by atoms with E-state index in [0.29, 0.717) is 12.3 Å². The number of halogens is 3. The zero-order chi connectivity index (χ0) is 14.6. The Kier molecular flexibility index (Phi) is 4.65. The highest BCUT2D eigenvalue weighted by Gasteiger charge is 2.31. The van der Waals surface area contributed by atoms with Crippen molar-refractivity contribution in [2.45, 2.75) is 25.6 Å². The average molecular weight is 287 g/mol. The van der Waals surface area contributed by atoms with E-state index in [1.807, 2.05) is 0 Å². The van der Waals surface area contributed by atoms with Gasteiger partial charge in [0.25, 0.3) is 0 Å². The monoisotopic (exact) mass is 287 g/mol. The molecule has 1 aromatic rings. The number of piperidine rings is 1. The standard InChI is InChI=1S/C14H16F3NO2/c15-14(16,17)20-12-3-1-2-11(9-12)13(19)8-10-4-6-18-7-5-10/h1-3,9-10,18H,4-8H2. The van der Waals surface area contributed by atoms with E-state index in [1.54, 1.807) is 0 Å². The van der Waals surface area contributed by atoms with Crippen LogP contribution in [0.25, 0.3) is 0 Å². The van der Waals surface area contributed by atoms with Gasteiger partial charge in [0.1, 0.15) is 5.75 Å². The van der Waals surface area contributed by atoms with Crippen LogP contribution in [0.1, 0.15) is 29.6 Å². The lowest BCUT2D eigenvalue weighted by molar-refractivity contribution is -0.274. The molecule has 0 atom stereocenters. The summed E-state index contributed by atoms with van der Waals surface area (Å²) in [5.41, 5.74) is 0.269. The van der Waals surface area contributed by atoms with E-state index in [1.165, 1.54) is 18.2 Å². The van der Waals surface area contributed by atoms with Crippen molar-refractivity contribution in [3.05, 3.63) is 29.8 Å². The normalized spacial score (nSPS) is 16.9. The third-order valence-electron chi connectivity index (χ3n) is 3.32. The van der Waals surface area contributed by atoms with Crippen molar-refractivity contribution >= 4 is 5.78 Å². The van der Waals surface area contributed by atoms with E-state index in [0.717, 1.165) is 32.0 Å². The maximum Gasteiger partial charge on any atom is 0.573 e. The second-order valence-corrected chi connectivity index (χ2v) is 4.90. The highest BCUT2D eigenvalue weighted by atomic mass is 19.4. The van der Waals surface area contributed by atoms with Crippen LogP contribution in [0.15, 0.2) is 24.3 Å². The highest BCUT2D eigenvalue weighted by molar-refractivity contribution is 5.96. The minimum atomic E-state index is -4.74. The molecule has 2 rings (SSSR count). The van der Waals surface area contributed by atoms with E-state index in [4.69, 9.17) is 0 Å². The molecule has 0 unspecified atom stereocenters. The molecular weight excluding hydrogens is 271 g/mol. The van der Waals surface area contributed by atoms with Crippen molar-refractivity contribution in [3.8, 4) is 5.75 Å². The van der Waals surface area contributed by atoms with Gasteiger partial charge in [-0.1, -0.05) is 12.1 Å². The van der Waals surface area contributed by atoms with Gasteiger partial charge in [-0.2, -0.15) is 0 Å². The quantitative estimate of drug-likeness (QED) is 0.864. The van der Waals surface area contributed by atoms with Crippen molar-refractivity contribution in [1.82, 2.24) is 5.32 Å². The Bertz CT molecular complexity index is 468. The largest absolute Gasteiger partial charge is 0.573 e. The molecule has 0 aromatic heterocycles. The van der Waals surface area contributed by atoms with E-state index < -0.39 is 6.36 Å². The van der Waals surface area contributed by atoms with Gasteiger partial charge in [-0.15, -0.1) is 13.2 Å². The summed E-state index contributed by atoms with van der Waals surface area (Å²) < 4.78 is 40.2. The first-order valence-electron chi connectivity index (χ1n) is 6.54. The number of ketones is 1. The van der Waals surface area contributed by atoms with Crippen LogP contribution in [0.5, 0.6) is 5.75 Å². The first-order chi connectivity index (χ1) is 9.44. The van der Waals surface area contributed by atoms with Crippen LogP contribution in [-0.4, -0.2) is 25.2 Å². The molecule has 1 fully saturated rings. The van der Waals surface area contributed by atoms with Gasteiger partial charge in [-0.3, -0.25) is 4.79 Å². The number of carbonyl (C=O) groups excluding carboxylic acids is 1. The van der Waals surface area contributed by atoms with Crippen LogP contribution in [0.2, 0.25) is 0 Å². The van der Waals surface area contributed by atoms with E-state index in [2.05, 4.69) is 10.1 Å². The Balaban J connectivity index is 2.00. The van der Waals surface area contributed by atoms with Gasteiger partial charge in [0, 0.05) is 12.0 Å². The fourth-order valence-electron chi connectivity index (χ4n) is 2.33. The summed E-state index contributed by atoms with van der Waals surface area (Å²) in [6.45, 7) is 1.77. The number of alkyl halides is 3. The van der Waals surface area contributed by atoms with Gasteiger partial charge in [-0.25, -0.2) is 0 Å². The van der Waals surface area contributed by atoms with E-state index in [9.17, 15) is 18.0 Å². The van der Waals surface area contributed by atoms with Crippen molar-refractivity contribution in [1.29, 1.82) is 0 Å². The van der Waals surface area contributed by atoms with Crippen LogP contribution >= 0.6 is 0 Å². The molecule has 20 heavy (non-hydrogen) atoms. The molecule has 0 amide bonds. The summed E-state index contributed by atoms with van der Waals surface area (Å²) in [6, 6.07) is 5.26. The molecule has 0 saturated carbocycles. The number of ether oxygens (including phenoxy) is 1. The molecule has 1 aliphatic rings. The van der Waals surface area contributed by atoms with Crippen LogP contribution in [-0.2, 0) is 0 Å². The van der Waals surface area contributed by atoms with Gasteiger partial charge in [0.15, 0.2) is 5.78 Å². The first kappa shape index (κ1) is 14.8. The Hall–Kier alpha value is -1.56. The SMILES string of the molecule is O=C(CC1CCNCC1)c1cccc(OC(F)(F)F)c1. The molecule has 1 aromatic carbocycles. The number of Topliss-reactive ketones (excluding diaryl/α,β-unsaturated/α-hetero) is 1. The van der Waals surface area contributed by atoms with E-state index in [-0.39, 0.29) is 17.1 Å². The van der Waals surface area contributed by atoms with Gasteiger partial charge in [0.2, 0.25) is 0 Å². The number of hydrogen-bond acceptors (Lipinski definition) is 3. The zero-order valence-corrected chi connectivity index (χ0v) is 10.9. The second kappa shape index (κ2) is 6.26. The Labute approximate surface area is 115 Å². The molecule has 0 spiro atoms. The number of hydrogen-bond donors (Lipinski definition) is 1. The van der Waals surface area contributed by atoms with Crippen molar-refractivity contribution < 1.29 is 22.7 Å². The van der Waals surface area contributed by atoms with Gasteiger partial charge in [0.05, 0.1) is 0 Å². The van der Waals surface area contributed by atoms with Crippen LogP contribution in [0, 0.1) is 5.92 Å². The molecule has 0 bridgehead atoms. The molecule has 1 heterocycles. The van der Waals surface area contributed by atoms with Gasteiger partial charge < -0.3 is 10.1 Å². The number of benzene rings is 1. The number of rotatable bonds is 4. The molecular formula is C14H16F3NO2. The third kappa shape index (κ3) is 4.52. The van der Waals surface area contributed by atoms with Crippen LogP contribution in [0.4, 0.5) is 13.2 Å².